The number of aryl methyl sites for hydroxylation is 1. The molecule has 1 heterocycles. The average Bonchev–Trinajstić information content (AvgIpc) is 2.77. The maximum Gasteiger partial charge on any atom is 0.415 e. The molecule has 0 aromatic carbocycles. The van der Waals surface area contributed by atoms with Crippen molar-refractivity contribution in [3.63, 3.8) is 0 Å². The van der Waals surface area contributed by atoms with E-state index in [4.69, 9.17) is 5.11 Å². The van der Waals surface area contributed by atoms with Crippen LogP contribution in [0.1, 0.15) is 30.9 Å². The summed E-state index contributed by atoms with van der Waals surface area (Å²) >= 11 is 0. The number of alkyl halides is 3. The average molecular weight is 307 g/mol. The molecule has 1 aliphatic carbocycles. The van der Waals surface area contributed by atoms with Crippen molar-refractivity contribution in [2.24, 2.45) is 12.5 Å². The normalized spacial score (nSPS) is 20.9. The number of rotatable bonds is 6. The second kappa shape index (κ2) is 5.94. The number of aromatic nitrogens is 2. The lowest BCUT2D eigenvalue weighted by Crippen LogP contribution is -2.49. The molecule has 0 aliphatic heterocycles. The Labute approximate surface area is 120 Å². The van der Waals surface area contributed by atoms with Gasteiger partial charge in [-0.1, -0.05) is 6.42 Å². The molecule has 1 aromatic rings. The van der Waals surface area contributed by atoms with Crippen LogP contribution in [0.4, 0.5) is 13.2 Å². The highest BCUT2D eigenvalue weighted by Crippen LogP contribution is 2.49. The summed E-state index contributed by atoms with van der Waals surface area (Å²) in [6.45, 7) is -0.716. The highest BCUT2D eigenvalue weighted by Gasteiger charge is 2.46. The molecule has 2 rings (SSSR count). The molecule has 120 valence electrons. The van der Waals surface area contributed by atoms with Crippen LogP contribution in [0.2, 0.25) is 0 Å². The number of aliphatic hydroxyl groups is 2. The Hall–Kier alpha value is -1.12. The summed E-state index contributed by atoms with van der Waals surface area (Å²) in [5.74, 6) is 0. The second-order valence-electron chi connectivity index (χ2n) is 5.72. The largest absolute Gasteiger partial charge is 0.415 e. The van der Waals surface area contributed by atoms with E-state index in [1.54, 1.807) is 24.1 Å². The fourth-order valence-electron chi connectivity index (χ4n) is 2.79. The van der Waals surface area contributed by atoms with Gasteiger partial charge in [-0.15, -0.1) is 0 Å². The number of hydrogen-bond donors (Lipinski definition) is 3. The van der Waals surface area contributed by atoms with Crippen LogP contribution in [0, 0.1) is 5.41 Å². The first-order valence-corrected chi connectivity index (χ1v) is 6.86. The minimum absolute atomic E-state index is 0.109. The summed E-state index contributed by atoms with van der Waals surface area (Å²) in [6, 6.07) is -0.457. The molecule has 1 aromatic heterocycles. The van der Waals surface area contributed by atoms with Gasteiger partial charge in [-0.25, -0.2) is 0 Å². The Kier molecular flexibility index (Phi) is 4.60. The van der Waals surface area contributed by atoms with E-state index in [0.717, 1.165) is 24.8 Å². The van der Waals surface area contributed by atoms with Gasteiger partial charge in [0.25, 0.3) is 0 Å². The van der Waals surface area contributed by atoms with Crippen LogP contribution in [0.25, 0.3) is 0 Å². The number of nitrogens with zero attached hydrogens (tertiary/aromatic N) is 2. The molecular formula is C13H20F3N3O2. The van der Waals surface area contributed by atoms with Crippen molar-refractivity contribution in [3.05, 3.63) is 18.0 Å². The number of halogens is 3. The first-order chi connectivity index (χ1) is 9.78. The van der Waals surface area contributed by atoms with Gasteiger partial charge in [0.1, 0.15) is 0 Å². The lowest BCUT2D eigenvalue weighted by molar-refractivity contribution is -0.203. The zero-order chi connectivity index (χ0) is 15.7. The highest BCUT2D eigenvalue weighted by molar-refractivity contribution is 5.17. The highest BCUT2D eigenvalue weighted by atomic mass is 19.4. The van der Waals surface area contributed by atoms with Crippen LogP contribution >= 0.6 is 0 Å². The molecule has 8 heteroatoms. The van der Waals surface area contributed by atoms with E-state index in [2.05, 4.69) is 10.4 Å². The van der Waals surface area contributed by atoms with Gasteiger partial charge in [-0.3, -0.25) is 4.68 Å². The quantitative estimate of drug-likeness (QED) is 0.737. The standard InChI is InChI=1S/C13H20F3N3O2/c1-19-7-9(5-18-19)11(12(8-20)3-2-4-12)17-6-10(21)13(14,15)16/h5,7,10-11,17,20-21H,2-4,6,8H2,1H3/t10-,11-/m1/s1. The van der Waals surface area contributed by atoms with Crippen molar-refractivity contribution < 1.29 is 23.4 Å². The van der Waals surface area contributed by atoms with E-state index in [9.17, 15) is 18.3 Å². The molecule has 21 heavy (non-hydrogen) atoms. The minimum atomic E-state index is -4.65. The van der Waals surface area contributed by atoms with Gasteiger partial charge in [-0.05, 0) is 12.8 Å². The molecule has 1 saturated carbocycles. The van der Waals surface area contributed by atoms with Crippen LogP contribution in [-0.4, -0.2) is 45.4 Å². The monoisotopic (exact) mass is 307 g/mol. The Balaban J connectivity index is 2.13. The zero-order valence-corrected chi connectivity index (χ0v) is 11.8. The van der Waals surface area contributed by atoms with E-state index in [-0.39, 0.29) is 6.61 Å². The Morgan fingerprint density at radius 2 is 2.14 bits per heavy atom. The molecule has 5 nitrogen and oxygen atoms in total. The predicted molar refractivity (Wildman–Crippen MR) is 69.4 cm³/mol. The van der Waals surface area contributed by atoms with Crippen molar-refractivity contribution in [2.45, 2.75) is 37.6 Å². The topological polar surface area (TPSA) is 70.3 Å². The maximum atomic E-state index is 12.4. The predicted octanol–water partition coefficient (Wildman–Crippen LogP) is 1.14. The lowest BCUT2D eigenvalue weighted by atomic mass is 9.63. The SMILES string of the molecule is Cn1cc([C@@H](NC[C@@H](O)C(F)(F)F)C2(CO)CCC2)cn1. The van der Waals surface area contributed by atoms with Crippen LogP contribution in [0.3, 0.4) is 0 Å². The first kappa shape index (κ1) is 16.3. The van der Waals surface area contributed by atoms with Gasteiger partial charge in [-0.2, -0.15) is 18.3 Å². The maximum absolute atomic E-state index is 12.4. The zero-order valence-electron chi connectivity index (χ0n) is 11.8. The van der Waals surface area contributed by atoms with Crippen LogP contribution in [-0.2, 0) is 7.05 Å². The van der Waals surface area contributed by atoms with Gasteiger partial charge in [0.15, 0.2) is 6.10 Å². The first-order valence-electron chi connectivity index (χ1n) is 6.86. The summed E-state index contributed by atoms with van der Waals surface area (Å²) in [4.78, 5) is 0. The molecule has 0 radical (unpaired) electrons. The van der Waals surface area contributed by atoms with Gasteiger partial charge in [0.2, 0.25) is 0 Å². The van der Waals surface area contributed by atoms with Crippen molar-refractivity contribution >= 4 is 0 Å². The third kappa shape index (κ3) is 3.38. The fraction of sp³-hybridized carbons (Fsp3) is 0.769. The molecule has 0 spiro atoms. The lowest BCUT2D eigenvalue weighted by Gasteiger charge is -2.47. The van der Waals surface area contributed by atoms with E-state index in [1.807, 2.05) is 0 Å². The van der Waals surface area contributed by atoms with Crippen LogP contribution < -0.4 is 5.32 Å². The molecule has 0 unspecified atom stereocenters. The van der Waals surface area contributed by atoms with Crippen LogP contribution in [0.15, 0.2) is 12.4 Å². The van der Waals surface area contributed by atoms with Crippen molar-refractivity contribution in [1.82, 2.24) is 15.1 Å². The second-order valence-corrected chi connectivity index (χ2v) is 5.72. The van der Waals surface area contributed by atoms with Crippen molar-refractivity contribution in [3.8, 4) is 0 Å². The van der Waals surface area contributed by atoms with E-state index >= 15 is 0 Å². The summed E-state index contributed by atoms with van der Waals surface area (Å²) < 4.78 is 38.8. The van der Waals surface area contributed by atoms with Crippen LogP contribution in [0.5, 0.6) is 0 Å². The fourth-order valence-corrected chi connectivity index (χ4v) is 2.79. The summed E-state index contributed by atoms with van der Waals surface area (Å²) in [6.07, 6.45) is -1.39. The van der Waals surface area contributed by atoms with Gasteiger partial charge < -0.3 is 15.5 Å². The molecule has 1 aliphatic rings. The summed E-state index contributed by atoms with van der Waals surface area (Å²) in [7, 11) is 1.72. The van der Waals surface area contributed by atoms with E-state index in [0.29, 0.717) is 0 Å². The summed E-state index contributed by atoms with van der Waals surface area (Å²) in [5, 5.41) is 25.6. The molecular weight excluding hydrogens is 287 g/mol. The van der Waals surface area contributed by atoms with E-state index < -0.39 is 30.3 Å². The van der Waals surface area contributed by atoms with E-state index in [1.165, 1.54) is 0 Å². The Bertz CT molecular complexity index is 466. The smallest absolute Gasteiger partial charge is 0.396 e. The van der Waals surface area contributed by atoms with Crippen molar-refractivity contribution in [2.75, 3.05) is 13.2 Å². The number of aliphatic hydroxyl groups excluding tert-OH is 2. The molecule has 0 saturated heterocycles. The molecule has 2 atom stereocenters. The van der Waals surface area contributed by atoms with Gasteiger partial charge in [0, 0.05) is 36.8 Å². The minimum Gasteiger partial charge on any atom is -0.396 e. The van der Waals surface area contributed by atoms with Gasteiger partial charge >= 0.3 is 6.18 Å². The Morgan fingerprint density at radius 3 is 2.52 bits per heavy atom. The molecule has 0 amide bonds. The van der Waals surface area contributed by atoms with Crippen molar-refractivity contribution in [1.29, 1.82) is 0 Å². The molecule has 3 N–H and O–H groups in total. The number of hydrogen-bond acceptors (Lipinski definition) is 4. The molecule has 1 fully saturated rings. The molecule has 0 bridgehead atoms. The Morgan fingerprint density at radius 1 is 1.48 bits per heavy atom. The van der Waals surface area contributed by atoms with Gasteiger partial charge in [0.05, 0.1) is 12.8 Å². The number of nitrogens with one attached hydrogen (secondary N) is 1. The third-order valence-electron chi connectivity index (χ3n) is 4.23. The third-order valence-corrected chi connectivity index (χ3v) is 4.23. The summed E-state index contributed by atoms with van der Waals surface area (Å²) in [5.41, 5.74) is 0.245.